The monoisotopic (exact) mass is 531 g/mol. The van der Waals surface area contributed by atoms with E-state index in [1.165, 1.54) is 11.6 Å². The van der Waals surface area contributed by atoms with E-state index in [0.717, 1.165) is 67.8 Å². The molecule has 9 nitrogen and oxygen atoms in total. The van der Waals surface area contributed by atoms with Gasteiger partial charge in [0.25, 0.3) is 11.5 Å². The Morgan fingerprint density at radius 2 is 1.75 bits per heavy atom. The molecule has 2 aromatic carbocycles. The van der Waals surface area contributed by atoms with Crippen LogP contribution in [-0.4, -0.2) is 58.1 Å². The van der Waals surface area contributed by atoms with Crippen molar-refractivity contribution in [3.8, 4) is 5.69 Å². The van der Waals surface area contributed by atoms with Crippen LogP contribution in [0.1, 0.15) is 22.5 Å². The molecule has 0 spiro atoms. The number of pyridine rings is 2. The van der Waals surface area contributed by atoms with Gasteiger partial charge in [0.1, 0.15) is 5.69 Å². The summed E-state index contributed by atoms with van der Waals surface area (Å²) in [6.07, 6.45) is 5.81. The number of fused-ring (bicyclic) bond motifs is 2. The lowest BCUT2D eigenvalue weighted by atomic mass is 10.1. The highest BCUT2D eigenvalue weighted by molar-refractivity contribution is 5.93. The first kappa shape index (κ1) is 25.3. The fourth-order valence-electron chi connectivity index (χ4n) is 5.46. The van der Waals surface area contributed by atoms with Crippen LogP contribution in [0.5, 0.6) is 0 Å². The van der Waals surface area contributed by atoms with E-state index in [-0.39, 0.29) is 11.3 Å². The van der Waals surface area contributed by atoms with Gasteiger partial charge in [-0.05, 0) is 84.9 Å². The Labute approximate surface area is 231 Å². The molecule has 5 aromatic rings. The van der Waals surface area contributed by atoms with Crippen molar-refractivity contribution in [2.45, 2.75) is 12.8 Å². The lowest BCUT2D eigenvalue weighted by molar-refractivity contribution is 0.0996. The molecule has 1 aliphatic heterocycles. The number of carbonyl (C=O) groups is 1. The highest BCUT2D eigenvalue weighted by atomic mass is 16.1. The molecular weight excluding hydrogens is 502 g/mol. The van der Waals surface area contributed by atoms with E-state index in [1.54, 1.807) is 22.9 Å². The minimum atomic E-state index is -0.621. The van der Waals surface area contributed by atoms with E-state index < -0.39 is 5.91 Å². The zero-order valence-electron chi connectivity index (χ0n) is 22.0. The van der Waals surface area contributed by atoms with Gasteiger partial charge in [0.05, 0.1) is 17.5 Å². The van der Waals surface area contributed by atoms with Crippen LogP contribution in [-0.2, 0) is 6.42 Å². The third-order valence-electron chi connectivity index (χ3n) is 7.67. The van der Waals surface area contributed by atoms with Gasteiger partial charge in [0, 0.05) is 55.5 Å². The molecule has 40 heavy (non-hydrogen) atoms. The summed E-state index contributed by atoms with van der Waals surface area (Å²) in [4.78, 5) is 40.4. The van der Waals surface area contributed by atoms with Gasteiger partial charge in [-0.3, -0.25) is 19.1 Å². The molecule has 0 aliphatic carbocycles. The van der Waals surface area contributed by atoms with Gasteiger partial charge in [-0.2, -0.15) is 0 Å². The van der Waals surface area contributed by atoms with Crippen LogP contribution in [0, 0.1) is 6.57 Å². The predicted octanol–water partition coefficient (Wildman–Crippen LogP) is 4.27. The minimum Gasteiger partial charge on any atom is -0.369 e. The molecule has 0 unspecified atom stereocenters. The number of H-pyrrole nitrogens is 1. The van der Waals surface area contributed by atoms with Crippen molar-refractivity contribution in [2.75, 3.05) is 37.6 Å². The Bertz CT molecular complexity index is 1810. The molecule has 3 N–H and O–H groups in total. The fourth-order valence-corrected chi connectivity index (χ4v) is 5.46. The quantitative estimate of drug-likeness (QED) is 0.305. The number of aromatic nitrogens is 3. The van der Waals surface area contributed by atoms with Crippen molar-refractivity contribution in [1.29, 1.82) is 0 Å². The summed E-state index contributed by atoms with van der Waals surface area (Å²) < 4.78 is 1.59. The Hall–Kier alpha value is -4.94. The van der Waals surface area contributed by atoms with Crippen LogP contribution in [0.3, 0.4) is 0 Å². The number of piperazine rings is 1. The molecule has 1 aliphatic rings. The molecule has 0 bridgehead atoms. The smallest absolute Gasteiger partial charge is 0.267 e. The van der Waals surface area contributed by atoms with E-state index in [0.29, 0.717) is 16.6 Å². The number of hydrogen-bond donors (Lipinski definition) is 2. The van der Waals surface area contributed by atoms with Crippen molar-refractivity contribution in [3.05, 3.63) is 106 Å². The Balaban J connectivity index is 1.05. The minimum absolute atomic E-state index is 0.138. The summed E-state index contributed by atoms with van der Waals surface area (Å²) in [5.41, 5.74) is 10.7. The average Bonchev–Trinajstić information content (AvgIpc) is 3.39. The Morgan fingerprint density at radius 1 is 0.975 bits per heavy atom. The lowest BCUT2D eigenvalue weighted by Crippen LogP contribution is -2.46. The van der Waals surface area contributed by atoms with Crippen molar-refractivity contribution in [2.24, 2.45) is 5.73 Å². The Morgan fingerprint density at radius 3 is 2.50 bits per heavy atom. The maximum absolute atomic E-state index is 13.1. The van der Waals surface area contributed by atoms with Gasteiger partial charge < -0.3 is 15.6 Å². The van der Waals surface area contributed by atoms with E-state index in [2.05, 4.69) is 42.9 Å². The third kappa shape index (κ3) is 4.93. The molecule has 200 valence electrons. The van der Waals surface area contributed by atoms with Crippen LogP contribution in [0.25, 0.3) is 32.3 Å². The van der Waals surface area contributed by atoms with Crippen molar-refractivity contribution < 1.29 is 4.79 Å². The predicted molar refractivity (Wildman–Crippen MR) is 157 cm³/mol. The number of aromatic amines is 1. The van der Waals surface area contributed by atoms with Gasteiger partial charge in [-0.25, -0.2) is 9.83 Å². The molecular formula is C31H29N7O2. The first-order valence-electron chi connectivity index (χ1n) is 13.4. The molecule has 1 fully saturated rings. The summed E-state index contributed by atoms with van der Waals surface area (Å²) in [7, 11) is 0. The molecule has 9 heteroatoms. The zero-order chi connectivity index (χ0) is 27.6. The number of nitrogens with one attached hydrogen (secondary N) is 1. The van der Waals surface area contributed by atoms with Crippen LogP contribution < -0.4 is 16.2 Å². The maximum Gasteiger partial charge on any atom is 0.267 e. The number of rotatable bonds is 7. The third-order valence-corrected chi connectivity index (χ3v) is 7.67. The lowest BCUT2D eigenvalue weighted by Gasteiger charge is -2.36. The number of anilines is 1. The SMILES string of the molecule is [C-]#[N+]c1ccc2[nH]cc(CCCN3CCN(c4ccc(-n5ccc6nc(C(N)=O)ccc6c5=O)cc4)CC3)c2c1. The van der Waals surface area contributed by atoms with Crippen LogP contribution in [0.2, 0.25) is 0 Å². The number of hydrogen-bond acceptors (Lipinski definition) is 5. The van der Waals surface area contributed by atoms with E-state index in [4.69, 9.17) is 12.3 Å². The van der Waals surface area contributed by atoms with Crippen molar-refractivity contribution >= 4 is 39.1 Å². The molecule has 0 atom stereocenters. The molecule has 6 rings (SSSR count). The summed E-state index contributed by atoms with van der Waals surface area (Å²) in [6, 6.07) is 18.7. The zero-order valence-corrected chi connectivity index (χ0v) is 22.0. The van der Waals surface area contributed by atoms with Crippen LogP contribution in [0.4, 0.5) is 11.4 Å². The molecule has 1 saturated heterocycles. The number of nitrogens with two attached hydrogens (primary N) is 1. The summed E-state index contributed by atoms with van der Waals surface area (Å²) in [5, 5.41) is 1.59. The molecule has 4 heterocycles. The second-order valence-corrected chi connectivity index (χ2v) is 10.1. The van der Waals surface area contributed by atoms with Crippen molar-refractivity contribution in [3.63, 3.8) is 0 Å². The number of carbonyl (C=O) groups excluding carboxylic acids is 1. The first-order valence-corrected chi connectivity index (χ1v) is 13.4. The number of primary amides is 1. The average molecular weight is 532 g/mol. The van der Waals surface area contributed by atoms with Crippen LogP contribution >= 0.6 is 0 Å². The topological polar surface area (TPSA) is 105 Å². The molecule has 1 amide bonds. The number of benzene rings is 2. The summed E-state index contributed by atoms with van der Waals surface area (Å²) in [6.45, 7) is 12.2. The standard InChI is InChI=1S/C31H29N7O2/c1-33-22-4-10-27-26(19-22)21(20-34-27)3-2-13-36-15-17-37(18-16-36)23-5-7-24(8-6-23)38-14-12-28-25(31(38)40)9-11-29(35-28)30(32)39/h4-12,14,19-20,34H,2-3,13,15-18H2,(H2,32,39). The normalized spacial score (nSPS) is 14.0. The number of nitrogens with zero attached hydrogens (tertiary/aromatic N) is 5. The highest BCUT2D eigenvalue weighted by Crippen LogP contribution is 2.25. The first-order chi connectivity index (χ1) is 19.5. The van der Waals surface area contributed by atoms with E-state index in [1.807, 2.05) is 30.3 Å². The van der Waals surface area contributed by atoms with Crippen molar-refractivity contribution in [1.82, 2.24) is 19.4 Å². The Kier molecular flexibility index (Phi) is 6.76. The molecule has 3 aromatic heterocycles. The van der Waals surface area contributed by atoms with Gasteiger partial charge in [-0.1, -0.05) is 6.07 Å². The van der Waals surface area contributed by atoms with Gasteiger partial charge in [0.15, 0.2) is 5.69 Å². The van der Waals surface area contributed by atoms with Gasteiger partial charge in [0.2, 0.25) is 0 Å². The fraction of sp³-hybridized carbons (Fsp3) is 0.226. The number of aryl methyl sites for hydroxylation is 1. The highest BCUT2D eigenvalue weighted by Gasteiger charge is 2.17. The summed E-state index contributed by atoms with van der Waals surface area (Å²) >= 11 is 0. The van der Waals surface area contributed by atoms with E-state index >= 15 is 0 Å². The maximum atomic E-state index is 13.1. The van der Waals surface area contributed by atoms with E-state index in [9.17, 15) is 9.59 Å². The van der Waals surface area contributed by atoms with Crippen LogP contribution in [0.15, 0.2) is 77.9 Å². The van der Waals surface area contributed by atoms with Gasteiger partial charge >= 0.3 is 0 Å². The second-order valence-electron chi connectivity index (χ2n) is 10.1. The molecule has 0 saturated carbocycles. The summed E-state index contributed by atoms with van der Waals surface area (Å²) in [5.74, 6) is -0.621. The molecule has 0 radical (unpaired) electrons. The van der Waals surface area contributed by atoms with Gasteiger partial charge in [-0.15, -0.1) is 0 Å². The largest absolute Gasteiger partial charge is 0.369 e. The number of amides is 1. The second kappa shape index (κ2) is 10.7.